The summed E-state index contributed by atoms with van der Waals surface area (Å²) in [5, 5.41) is 14.4. The lowest BCUT2D eigenvalue weighted by Gasteiger charge is -2.23. The molecule has 0 saturated carbocycles. The van der Waals surface area contributed by atoms with E-state index in [1.807, 2.05) is 0 Å². The number of carbonyl (C=O) groups is 2. The molecule has 0 aromatic heterocycles. The van der Waals surface area contributed by atoms with Crippen molar-refractivity contribution in [2.24, 2.45) is 5.92 Å². The van der Waals surface area contributed by atoms with E-state index in [9.17, 15) is 9.59 Å². The molecular weight excluding hydrogens is 212 g/mol. The summed E-state index contributed by atoms with van der Waals surface area (Å²) in [5.74, 6) is -1.41. The Labute approximate surface area is 94.3 Å². The van der Waals surface area contributed by atoms with E-state index < -0.39 is 12.0 Å². The molecule has 16 heavy (non-hydrogen) atoms. The van der Waals surface area contributed by atoms with Crippen molar-refractivity contribution in [2.75, 3.05) is 26.8 Å². The number of piperidine rings is 1. The second-order valence-corrected chi connectivity index (χ2v) is 3.90. The fourth-order valence-corrected chi connectivity index (χ4v) is 1.71. The Hall–Kier alpha value is -1.14. The van der Waals surface area contributed by atoms with Crippen LogP contribution in [0.2, 0.25) is 0 Å². The number of aliphatic carboxylic acids is 1. The van der Waals surface area contributed by atoms with Crippen LogP contribution >= 0.6 is 0 Å². The van der Waals surface area contributed by atoms with Gasteiger partial charge < -0.3 is 20.5 Å². The highest BCUT2D eigenvalue weighted by atomic mass is 16.5. The van der Waals surface area contributed by atoms with E-state index in [-0.39, 0.29) is 18.4 Å². The van der Waals surface area contributed by atoms with E-state index in [0.717, 1.165) is 19.4 Å². The van der Waals surface area contributed by atoms with Gasteiger partial charge in [0.15, 0.2) is 6.04 Å². The van der Waals surface area contributed by atoms with E-state index in [4.69, 9.17) is 9.84 Å². The lowest BCUT2D eigenvalue weighted by atomic mass is 9.98. The third-order valence-electron chi connectivity index (χ3n) is 2.62. The number of carboxylic acids is 1. The van der Waals surface area contributed by atoms with Gasteiger partial charge in [-0.25, -0.2) is 4.79 Å². The quantitative estimate of drug-likeness (QED) is 0.575. The monoisotopic (exact) mass is 230 g/mol. The summed E-state index contributed by atoms with van der Waals surface area (Å²) >= 11 is 0. The number of hydrogen-bond donors (Lipinski definition) is 3. The molecule has 0 aliphatic carbocycles. The second-order valence-electron chi connectivity index (χ2n) is 3.90. The second kappa shape index (κ2) is 6.44. The summed E-state index contributed by atoms with van der Waals surface area (Å²) in [5.41, 5.74) is 0. The zero-order valence-corrected chi connectivity index (χ0v) is 9.36. The van der Waals surface area contributed by atoms with Crippen LogP contribution in [0.25, 0.3) is 0 Å². The summed E-state index contributed by atoms with van der Waals surface area (Å²) in [6.07, 6.45) is 1.75. The van der Waals surface area contributed by atoms with Crippen molar-refractivity contribution < 1.29 is 19.4 Å². The first-order valence-electron chi connectivity index (χ1n) is 5.38. The fourth-order valence-electron chi connectivity index (χ4n) is 1.71. The summed E-state index contributed by atoms with van der Waals surface area (Å²) in [6, 6.07) is -0.959. The van der Waals surface area contributed by atoms with Gasteiger partial charge in [0.1, 0.15) is 0 Å². The van der Waals surface area contributed by atoms with Gasteiger partial charge in [-0.3, -0.25) is 4.79 Å². The average Bonchev–Trinajstić information content (AvgIpc) is 2.29. The first-order chi connectivity index (χ1) is 7.65. The third kappa shape index (κ3) is 3.79. The molecule has 0 spiro atoms. The largest absolute Gasteiger partial charge is 0.480 e. The first kappa shape index (κ1) is 12.9. The van der Waals surface area contributed by atoms with Gasteiger partial charge in [-0.1, -0.05) is 0 Å². The molecule has 1 fully saturated rings. The van der Waals surface area contributed by atoms with Crippen molar-refractivity contribution in [3.05, 3.63) is 0 Å². The molecule has 1 rings (SSSR count). The van der Waals surface area contributed by atoms with Gasteiger partial charge in [-0.05, 0) is 19.4 Å². The van der Waals surface area contributed by atoms with Crippen LogP contribution in [0.1, 0.15) is 12.8 Å². The number of amides is 1. The number of methoxy groups -OCH3 is 1. The first-order valence-corrected chi connectivity index (χ1v) is 5.38. The van der Waals surface area contributed by atoms with Crippen molar-refractivity contribution in [3.63, 3.8) is 0 Å². The molecular formula is C10H18N2O4. The Morgan fingerprint density at radius 1 is 1.62 bits per heavy atom. The summed E-state index contributed by atoms with van der Waals surface area (Å²) in [6.45, 7) is 1.52. The minimum absolute atomic E-state index is 0.0127. The normalized spacial score (nSPS) is 22.4. The molecule has 1 unspecified atom stereocenters. The highest BCUT2D eigenvalue weighted by Gasteiger charge is 2.26. The van der Waals surface area contributed by atoms with Gasteiger partial charge in [0, 0.05) is 13.7 Å². The van der Waals surface area contributed by atoms with E-state index in [2.05, 4.69) is 10.6 Å². The Kier molecular flexibility index (Phi) is 5.21. The van der Waals surface area contributed by atoms with Crippen LogP contribution < -0.4 is 10.6 Å². The topological polar surface area (TPSA) is 87.7 Å². The van der Waals surface area contributed by atoms with Crippen LogP contribution in [0.5, 0.6) is 0 Å². The predicted molar refractivity (Wildman–Crippen MR) is 57.0 cm³/mol. The Morgan fingerprint density at radius 2 is 2.38 bits per heavy atom. The number of carboxylic acid groups (broad SMARTS) is 1. The Bertz CT molecular complexity index is 251. The molecule has 92 valence electrons. The minimum atomic E-state index is -1.07. The highest BCUT2D eigenvalue weighted by Crippen LogP contribution is 2.09. The maximum Gasteiger partial charge on any atom is 0.328 e. The molecule has 3 N–H and O–H groups in total. The van der Waals surface area contributed by atoms with Crippen molar-refractivity contribution in [3.8, 4) is 0 Å². The van der Waals surface area contributed by atoms with Crippen LogP contribution in [0.3, 0.4) is 0 Å². The Morgan fingerprint density at radius 3 is 2.88 bits per heavy atom. The molecule has 0 aromatic rings. The lowest BCUT2D eigenvalue weighted by Crippen LogP contribution is -2.49. The molecule has 0 radical (unpaired) electrons. The molecule has 1 amide bonds. The standard InChI is InChI=1S/C10H18N2O4/c1-16-6-8(10(14)15)12-9(13)7-3-2-4-11-5-7/h7-8,11H,2-6H2,1H3,(H,12,13)(H,14,15)/t7-,8?/m1/s1. The van der Waals surface area contributed by atoms with Gasteiger partial charge in [0.05, 0.1) is 12.5 Å². The molecule has 1 saturated heterocycles. The van der Waals surface area contributed by atoms with Crippen LogP contribution in [0, 0.1) is 5.92 Å². The zero-order chi connectivity index (χ0) is 12.0. The number of hydrogen-bond acceptors (Lipinski definition) is 4. The van der Waals surface area contributed by atoms with Gasteiger partial charge in [-0.15, -0.1) is 0 Å². The molecule has 1 heterocycles. The number of carbonyl (C=O) groups excluding carboxylic acids is 1. The van der Waals surface area contributed by atoms with E-state index in [1.165, 1.54) is 7.11 Å². The van der Waals surface area contributed by atoms with Crippen LogP contribution in [-0.2, 0) is 14.3 Å². The summed E-state index contributed by atoms with van der Waals surface area (Å²) < 4.78 is 4.74. The zero-order valence-electron chi connectivity index (χ0n) is 9.36. The van der Waals surface area contributed by atoms with Crippen LogP contribution in [0.4, 0.5) is 0 Å². The van der Waals surface area contributed by atoms with E-state index in [0.29, 0.717) is 6.54 Å². The molecule has 2 atom stereocenters. The maximum absolute atomic E-state index is 11.7. The van der Waals surface area contributed by atoms with Crippen LogP contribution in [0.15, 0.2) is 0 Å². The van der Waals surface area contributed by atoms with Crippen molar-refractivity contribution >= 4 is 11.9 Å². The third-order valence-corrected chi connectivity index (χ3v) is 2.62. The number of nitrogens with one attached hydrogen (secondary N) is 2. The van der Waals surface area contributed by atoms with Gasteiger partial charge in [-0.2, -0.15) is 0 Å². The molecule has 6 nitrogen and oxygen atoms in total. The highest BCUT2D eigenvalue weighted by molar-refractivity contribution is 5.85. The number of ether oxygens (including phenoxy) is 1. The van der Waals surface area contributed by atoms with Crippen molar-refractivity contribution in [2.45, 2.75) is 18.9 Å². The molecule has 1 aliphatic rings. The molecule has 1 aliphatic heterocycles. The molecule has 0 aromatic carbocycles. The van der Waals surface area contributed by atoms with Gasteiger partial charge in [0.2, 0.25) is 5.91 Å². The minimum Gasteiger partial charge on any atom is -0.480 e. The smallest absolute Gasteiger partial charge is 0.328 e. The number of rotatable bonds is 5. The predicted octanol–water partition coefficient (Wildman–Crippen LogP) is -0.798. The SMILES string of the molecule is COCC(NC(=O)[C@@H]1CCCNC1)C(=O)O. The molecule has 6 heteroatoms. The summed E-state index contributed by atoms with van der Waals surface area (Å²) in [4.78, 5) is 22.5. The van der Waals surface area contributed by atoms with Crippen molar-refractivity contribution in [1.82, 2.24) is 10.6 Å². The van der Waals surface area contributed by atoms with Gasteiger partial charge >= 0.3 is 5.97 Å². The van der Waals surface area contributed by atoms with Gasteiger partial charge in [0.25, 0.3) is 0 Å². The van der Waals surface area contributed by atoms with E-state index >= 15 is 0 Å². The van der Waals surface area contributed by atoms with E-state index in [1.54, 1.807) is 0 Å². The average molecular weight is 230 g/mol. The van der Waals surface area contributed by atoms with Crippen molar-refractivity contribution in [1.29, 1.82) is 0 Å². The fraction of sp³-hybridized carbons (Fsp3) is 0.800. The Balaban J connectivity index is 2.43. The lowest BCUT2D eigenvalue weighted by molar-refractivity contribution is -0.144. The molecule has 0 bridgehead atoms. The van der Waals surface area contributed by atoms with Crippen LogP contribution in [-0.4, -0.2) is 49.8 Å². The summed E-state index contributed by atoms with van der Waals surface area (Å²) in [7, 11) is 1.41. The maximum atomic E-state index is 11.7.